The molecule has 1 aliphatic carbocycles. The van der Waals surface area contributed by atoms with E-state index in [1.54, 1.807) is 0 Å². The number of benzene rings is 1. The van der Waals surface area contributed by atoms with Gasteiger partial charge in [-0.3, -0.25) is 15.0 Å². The highest BCUT2D eigenvalue weighted by atomic mass is 15.0. The third-order valence-electron chi connectivity index (χ3n) is 7.83. The maximum Gasteiger partial charge on any atom is 0.0960 e. The van der Waals surface area contributed by atoms with E-state index in [9.17, 15) is 0 Å². The highest BCUT2D eigenvalue weighted by molar-refractivity contribution is 5.94. The molecule has 0 spiro atoms. The Labute approximate surface area is 220 Å². The molecule has 3 heterocycles. The fraction of sp³-hybridized carbons (Fsp3) is 0.303. The van der Waals surface area contributed by atoms with Gasteiger partial charge in [0, 0.05) is 24.2 Å². The molecule has 3 aromatic heterocycles. The van der Waals surface area contributed by atoms with Crippen LogP contribution in [0.1, 0.15) is 68.8 Å². The van der Waals surface area contributed by atoms with Crippen molar-refractivity contribution in [1.82, 2.24) is 14.5 Å². The molecule has 1 saturated carbocycles. The summed E-state index contributed by atoms with van der Waals surface area (Å²) in [5.41, 5.74) is 10.5. The zero-order valence-electron chi connectivity index (χ0n) is 22.0. The maximum atomic E-state index is 5.09. The van der Waals surface area contributed by atoms with E-state index in [1.165, 1.54) is 42.4 Å². The molecule has 5 rings (SSSR count). The molecule has 1 aromatic carbocycles. The van der Waals surface area contributed by atoms with E-state index in [0.717, 1.165) is 39.8 Å². The Hall–Kier alpha value is -3.79. The van der Waals surface area contributed by atoms with Crippen LogP contribution in [0.15, 0.2) is 84.3 Å². The number of aromatic nitrogens is 3. The largest absolute Gasteiger partial charge is 0.336 e. The van der Waals surface area contributed by atoms with Crippen LogP contribution in [0.25, 0.3) is 33.8 Å². The normalized spacial score (nSPS) is 15.5. The molecule has 1 atom stereocenters. The fourth-order valence-electron chi connectivity index (χ4n) is 5.98. The highest BCUT2D eigenvalue weighted by Crippen LogP contribution is 2.42. The van der Waals surface area contributed by atoms with Gasteiger partial charge in [0.1, 0.15) is 0 Å². The molecule has 0 bridgehead atoms. The van der Waals surface area contributed by atoms with E-state index in [-0.39, 0.29) is 6.04 Å². The summed E-state index contributed by atoms with van der Waals surface area (Å²) in [5.74, 6) is 0.554. The fourth-order valence-corrected chi connectivity index (χ4v) is 5.98. The minimum Gasteiger partial charge on any atom is -0.336 e. The van der Waals surface area contributed by atoms with Gasteiger partial charge in [-0.1, -0.05) is 62.8 Å². The average Bonchev–Trinajstić information content (AvgIpc) is 3.59. The van der Waals surface area contributed by atoms with Gasteiger partial charge in [0.25, 0.3) is 0 Å². The number of allylic oxidation sites excluding steroid dienone is 1. The lowest BCUT2D eigenvalue weighted by atomic mass is 9.94. The summed E-state index contributed by atoms with van der Waals surface area (Å²) in [4.78, 5) is 14.1. The van der Waals surface area contributed by atoms with E-state index in [4.69, 9.17) is 9.97 Å². The molecule has 4 aromatic rings. The molecule has 4 heteroatoms. The number of aliphatic imine (C=N–C) groups is 1. The van der Waals surface area contributed by atoms with Crippen LogP contribution in [0, 0.1) is 5.92 Å². The number of hydrogen-bond acceptors (Lipinski definition) is 3. The smallest absolute Gasteiger partial charge is 0.0960 e. The molecule has 188 valence electrons. The minimum atomic E-state index is 0.175. The Morgan fingerprint density at radius 2 is 1.92 bits per heavy atom. The highest BCUT2D eigenvalue weighted by Gasteiger charge is 2.30. The Kier molecular flexibility index (Phi) is 7.45. The summed E-state index contributed by atoms with van der Waals surface area (Å²) in [6.07, 6.45) is 14.1. The van der Waals surface area contributed by atoms with Crippen LogP contribution in [0.5, 0.6) is 0 Å². The number of nitrogens with zero attached hydrogens (tertiary/aromatic N) is 4. The summed E-state index contributed by atoms with van der Waals surface area (Å²) in [6.45, 7) is 12.6. The van der Waals surface area contributed by atoms with E-state index >= 15 is 0 Å². The van der Waals surface area contributed by atoms with Gasteiger partial charge in [-0.2, -0.15) is 0 Å². The van der Waals surface area contributed by atoms with Crippen molar-refractivity contribution in [2.45, 2.75) is 52.0 Å². The molecule has 0 saturated heterocycles. The molecule has 1 unspecified atom stereocenters. The van der Waals surface area contributed by atoms with Crippen molar-refractivity contribution in [3.63, 3.8) is 0 Å². The van der Waals surface area contributed by atoms with Crippen LogP contribution < -0.4 is 0 Å². The van der Waals surface area contributed by atoms with Crippen molar-refractivity contribution in [3.05, 3.63) is 96.1 Å². The van der Waals surface area contributed by atoms with Crippen LogP contribution in [0.3, 0.4) is 0 Å². The van der Waals surface area contributed by atoms with E-state index < -0.39 is 0 Å². The molecule has 0 N–H and O–H groups in total. The van der Waals surface area contributed by atoms with E-state index in [2.05, 4.69) is 85.4 Å². The zero-order valence-corrected chi connectivity index (χ0v) is 22.0. The third kappa shape index (κ3) is 4.93. The maximum absolute atomic E-state index is 5.09. The summed E-state index contributed by atoms with van der Waals surface area (Å²) < 4.78 is 2.47. The first kappa shape index (κ1) is 24.9. The predicted molar refractivity (Wildman–Crippen MR) is 157 cm³/mol. The summed E-state index contributed by atoms with van der Waals surface area (Å²) >= 11 is 0. The molecule has 1 aliphatic rings. The van der Waals surface area contributed by atoms with Crippen molar-refractivity contribution in [1.29, 1.82) is 0 Å². The molecule has 1 fully saturated rings. The lowest BCUT2D eigenvalue weighted by molar-refractivity contribution is 0.386. The summed E-state index contributed by atoms with van der Waals surface area (Å²) in [6, 6.07) is 17.4. The third-order valence-corrected chi connectivity index (χ3v) is 7.83. The van der Waals surface area contributed by atoms with Gasteiger partial charge in [-0.15, -0.1) is 0 Å². The number of fused-ring (bicyclic) bond motifs is 1. The van der Waals surface area contributed by atoms with Gasteiger partial charge in [-0.25, -0.2) is 0 Å². The second-order valence-electron chi connectivity index (χ2n) is 10.1. The van der Waals surface area contributed by atoms with Crippen LogP contribution in [0.4, 0.5) is 0 Å². The Bertz CT molecular complexity index is 1420. The van der Waals surface area contributed by atoms with E-state index in [1.807, 2.05) is 24.5 Å². The number of pyridine rings is 2. The SMILES string of the molecule is C=Cc1ccc(-c2cn(C(c3ccccn3)C3CCCC3)c3cc(/C(CC)=C(\C)CN=C)cnc23)cc1. The van der Waals surface area contributed by atoms with Crippen molar-refractivity contribution in [2.75, 3.05) is 6.54 Å². The van der Waals surface area contributed by atoms with Gasteiger partial charge in [0.05, 0.1) is 29.3 Å². The minimum absolute atomic E-state index is 0.175. The van der Waals surface area contributed by atoms with Gasteiger partial charge in [0.2, 0.25) is 0 Å². The lowest BCUT2D eigenvalue weighted by Gasteiger charge is -2.26. The molecular formula is C33H36N4. The predicted octanol–water partition coefficient (Wildman–Crippen LogP) is 8.41. The first-order valence-corrected chi connectivity index (χ1v) is 13.4. The first-order valence-electron chi connectivity index (χ1n) is 13.4. The molecular weight excluding hydrogens is 452 g/mol. The topological polar surface area (TPSA) is 43.1 Å². The van der Waals surface area contributed by atoms with Crippen molar-refractivity contribution in [2.24, 2.45) is 10.9 Å². The molecule has 37 heavy (non-hydrogen) atoms. The van der Waals surface area contributed by atoms with Gasteiger partial charge in [-0.05, 0) is 84.9 Å². The second kappa shape index (κ2) is 11.1. The Morgan fingerprint density at radius 1 is 1.14 bits per heavy atom. The lowest BCUT2D eigenvalue weighted by Crippen LogP contribution is -2.19. The quantitative estimate of drug-likeness (QED) is 0.222. The molecule has 4 nitrogen and oxygen atoms in total. The Balaban J connectivity index is 1.76. The van der Waals surface area contributed by atoms with Crippen LogP contribution in [-0.2, 0) is 0 Å². The van der Waals surface area contributed by atoms with Gasteiger partial charge in [0.15, 0.2) is 0 Å². The summed E-state index contributed by atoms with van der Waals surface area (Å²) in [5, 5.41) is 0. The van der Waals surface area contributed by atoms with Crippen molar-refractivity contribution in [3.8, 4) is 11.1 Å². The van der Waals surface area contributed by atoms with Crippen molar-refractivity contribution >= 4 is 29.4 Å². The summed E-state index contributed by atoms with van der Waals surface area (Å²) in [7, 11) is 0. The molecule has 0 aliphatic heterocycles. The van der Waals surface area contributed by atoms with Crippen molar-refractivity contribution < 1.29 is 0 Å². The van der Waals surface area contributed by atoms with Gasteiger partial charge < -0.3 is 4.57 Å². The second-order valence-corrected chi connectivity index (χ2v) is 10.1. The standard InChI is InChI=1S/C33H36N4/c1-5-24-14-16-25(17-15-24)29-22-37(33(26-11-7-8-12-26)30-13-9-10-18-35-30)31-19-27(21-36-32(29)31)28(6-2)23(3)20-34-4/h5,9-10,13-19,21-22,26,33H,1,4,6-8,11-12,20H2,2-3H3/b28-23+. The number of hydrogen-bond donors (Lipinski definition) is 0. The average molecular weight is 489 g/mol. The molecule has 0 radical (unpaired) electrons. The van der Waals surface area contributed by atoms with Crippen LogP contribution in [0.2, 0.25) is 0 Å². The monoisotopic (exact) mass is 488 g/mol. The molecule has 0 amide bonds. The van der Waals surface area contributed by atoms with Crippen LogP contribution in [-0.4, -0.2) is 27.8 Å². The van der Waals surface area contributed by atoms with E-state index in [0.29, 0.717) is 12.5 Å². The first-order chi connectivity index (χ1) is 18.1. The van der Waals surface area contributed by atoms with Gasteiger partial charge >= 0.3 is 0 Å². The zero-order chi connectivity index (χ0) is 25.8. The Morgan fingerprint density at radius 3 is 2.57 bits per heavy atom. The number of rotatable bonds is 9. The van der Waals surface area contributed by atoms with Crippen LogP contribution >= 0.6 is 0 Å².